The fraction of sp³-hybridized carbons (Fsp3) is 0.562. The van der Waals surface area contributed by atoms with Gasteiger partial charge in [0.25, 0.3) is 0 Å². The number of rotatable bonds is 0. The third kappa shape index (κ3) is 1.51. The lowest BCUT2D eigenvalue weighted by atomic mass is 9.59. The summed E-state index contributed by atoms with van der Waals surface area (Å²) in [5, 5.41) is 0. The maximum atomic E-state index is 12.2. The summed E-state index contributed by atoms with van der Waals surface area (Å²) in [5.41, 5.74) is 0.840. The highest BCUT2D eigenvalue weighted by Crippen LogP contribution is 2.57. The molecule has 0 amide bonds. The maximum Gasteiger partial charge on any atom is 0.339 e. The maximum absolute atomic E-state index is 12.2. The molecule has 1 aromatic carbocycles. The van der Waals surface area contributed by atoms with Gasteiger partial charge in [-0.15, -0.1) is 0 Å². The number of cyclic esters (lactones) is 1. The van der Waals surface area contributed by atoms with Crippen LogP contribution in [0.4, 0.5) is 0 Å². The van der Waals surface area contributed by atoms with E-state index in [1.807, 2.05) is 24.3 Å². The molecule has 0 radical (unpaired) electrons. The van der Waals surface area contributed by atoms with Crippen molar-refractivity contribution in [3.05, 3.63) is 35.4 Å². The number of fused-ring (bicyclic) bond motifs is 1. The summed E-state index contributed by atoms with van der Waals surface area (Å²) < 4.78 is 5.91. The second-order valence-electron chi connectivity index (χ2n) is 7.12. The molecule has 18 heavy (non-hydrogen) atoms. The number of hydrogen-bond donors (Lipinski definition) is 0. The smallest absolute Gasteiger partial charge is 0.339 e. The summed E-state index contributed by atoms with van der Waals surface area (Å²) in [7, 11) is 0. The minimum atomic E-state index is -0.576. The molecule has 2 nitrogen and oxygen atoms in total. The van der Waals surface area contributed by atoms with E-state index in [-0.39, 0.29) is 16.8 Å². The average molecular weight is 246 g/mol. The normalized spacial score (nSPS) is 18.4. The SMILES string of the molecule is CC(C)(C)C1(C(C)(C)C)OC(=O)c2ccccc21. The standard InChI is InChI=1S/C16H22O2/c1-14(2,3)16(15(4,5)6)12-10-8-7-9-11(12)13(17)18-16/h7-10H,1-6H3. The lowest BCUT2D eigenvalue weighted by molar-refractivity contribution is -0.141. The largest absolute Gasteiger partial charge is 0.449 e. The molecule has 1 aliphatic rings. The van der Waals surface area contributed by atoms with E-state index >= 15 is 0 Å². The Morgan fingerprint density at radius 3 is 1.94 bits per heavy atom. The molecule has 0 fully saturated rings. The predicted octanol–water partition coefficient (Wildman–Crippen LogP) is 4.14. The molecule has 1 aromatic rings. The van der Waals surface area contributed by atoms with Crippen molar-refractivity contribution >= 4 is 5.97 Å². The molecule has 0 spiro atoms. The monoisotopic (exact) mass is 246 g/mol. The Morgan fingerprint density at radius 2 is 1.44 bits per heavy atom. The molecule has 1 aliphatic heterocycles. The number of benzene rings is 1. The van der Waals surface area contributed by atoms with Crippen LogP contribution in [0.5, 0.6) is 0 Å². The Morgan fingerprint density at radius 1 is 0.944 bits per heavy atom. The molecule has 0 saturated heterocycles. The minimum absolute atomic E-state index is 0.159. The van der Waals surface area contributed by atoms with Crippen LogP contribution in [0.1, 0.15) is 57.5 Å². The highest BCUT2D eigenvalue weighted by molar-refractivity contribution is 5.95. The van der Waals surface area contributed by atoms with Crippen LogP contribution in [0.25, 0.3) is 0 Å². The molecule has 0 aromatic heterocycles. The van der Waals surface area contributed by atoms with E-state index < -0.39 is 5.60 Å². The first-order valence-corrected chi connectivity index (χ1v) is 6.44. The molecule has 0 N–H and O–H groups in total. The minimum Gasteiger partial charge on any atom is -0.449 e. The van der Waals surface area contributed by atoms with Crippen molar-refractivity contribution in [2.45, 2.75) is 47.1 Å². The van der Waals surface area contributed by atoms with Gasteiger partial charge >= 0.3 is 5.97 Å². The molecule has 0 aliphatic carbocycles. The van der Waals surface area contributed by atoms with Crippen LogP contribution < -0.4 is 0 Å². The number of esters is 1. The third-order valence-electron chi connectivity index (χ3n) is 3.88. The van der Waals surface area contributed by atoms with Gasteiger partial charge in [-0.25, -0.2) is 4.79 Å². The average Bonchev–Trinajstić information content (AvgIpc) is 2.52. The summed E-state index contributed by atoms with van der Waals surface area (Å²) >= 11 is 0. The van der Waals surface area contributed by atoms with Gasteiger partial charge in [-0.05, 0) is 6.07 Å². The molecule has 0 unspecified atom stereocenters. The van der Waals surface area contributed by atoms with Crippen LogP contribution in [0, 0.1) is 10.8 Å². The summed E-state index contributed by atoms with van der Waals surface area (Å²) in [5.74, 6) is -0.199. The molecule has 0 saturated carbocycles. The van der Waals surface area contributed by atoms with Crippen LogP contribution in [-0.4, -0.2) is 5.97 Å². The van der Waals surface area contributed by atoms with Crippen LogP contribution in [0.3, 0.4) is 0 Å². The van der Waals surface area contributed by atoms with Crippen molar-refractivity contribution in [2.24, 2.45) is 10.8 Å². The fourth-order valence-corrected chi connectivity index (χ4v) is 3.46. The van der Waals surface area contributed by atoms with E-state index in [0.29, 0.717) is 5.56 Å². The Balaban J connectivity index is 2.78. The molecule has 98 valence electrons. The van der Waals surface area contributed by atoms with Gasteiger partial charge in [-0.3, -0.25) is 0 Å². The number of hydrogen-bond acceptors (Lipinski definition) is 2. The van der Waals surface area contributed by atoms with Gasteiger partial charge in [0.15, 0.2) is 0 Å². The highest BCUT2D eigenvalue weighted by Gasteiger charge is 2.59. The van der Waals surface area contributed by atoms with Crippen molar-refractivity contribution in [3.8, 4) is 0 Å². The van der Waals surface area contributed by atoms with E-state index in [2.05, 4.69) is 41.5 Å². The van der Waals surface area contributed by atoms with E-state index in [1.165, 1.54) is 0 Å². The summed E-state index contributed by atoms with van der Waals surface area (Å²) in [6.07, 6.45) is 0. The Hall–Kier alpha value is -1.31. The predicted molar refractivity (Wildman–Crippen MR) is 72.4 cm³/mol. The molecule has 1 heterocycles. The summed E-state index contributed by atoms with van der Waals surface area (Å²) in [6.45, 7) is 12.8. The zero-order chi connectivity index (χ0) is 13.8. The second-order valence-corrected chi connectivity index (χ2v) is 7.12. The van der Waals surface area contributed by atoms with Gasteiger partial charge in [0.05, 0.1) is 5.56 Å². The van der Waals surface area contributed by atoms with Gasteiger partial charge in [0.1, 0.15) is 5.60 Å². The summed E-state index contributed by atoms with van der Waals surface area (Å²) in [4.78, 5) is 12.2. The first-order chi connectivity index (χ1) is 8.11. The van der Waals surface area contributed by atoms with Crippen molar-refractivity contribution in [2.75, 3.05) is 0 Å². The van der Waals surface area contributed by atoms with Crippen molar-refractivity contribution in [1.82, 2.24) is 0 Å². The van der Waals surface area contributed by atoms with E-state index in [1.54, 1.807) is 0 Å². The topological polar surface area (TPSA) is 26.3 Å². The Kier molecular flexibility index (Phi) is 2.62. The van der Waals surface area contributed by atoms with Gasteiger partial charge < -0.3 is 4.74 Å². The number of carbonyl (C=O) groups excluding carboxylic acids is 1. The molecule has 0 bridgehead atoms. The van der Waals surface area contributed by atoms with Crippen molar-refractivity contribution in [1.29, 1.82) is 0 Å². The van der Waals surface area contributed by atoms with Gasteiger partial charge in [-0.2, -0.15) is 0 Å². The Bertz CT molecular complexity index is 473. The van der Waals surface area contributed by atoms with Crippen molar-refractivity contribution < 1.29 is 9.53 Å². The van der Waals surface area contributed by atoms with Crippen LogP contribution >= 0.6 is 0 Å². The number of ether oxygens (including phenoxy) is 1. The van der Waals surface area contributed by atoms with Crippen LogP contribution in [-0.2, 0) is 10.3 Å². The first kappa shape index (κ1) is 13.1. The van der Waals surface area contributed by atoms with Crippen LogP contribution in [0.2, 0.25) is 0 Å². The number of carbonyl (C=O) groups is 1. The summed E-state index contributed by atoms with van der Waals surface area (Å²) in [6, 6.07) is 7.75. The van der Waals surface area contributed by atoms with E-state index in [4.69, 9.17) is 4.74 Å². The molecule has 2 rings (SSSR count). The van der Waals surface area contributed by atoms with Gasteiger partial charge in [-0.1, -0.05) is 59.7 Å². The fourth-order valence-electron chi connectivity index (χ4n) is 3.46. The van der Waals surface area contributed by atoms with Crippen molar-refractivity contribution in [3.63, 3.8) is 0 Å². The molecular weight excluding hydrogens is 224 g/mol. The molecule has 2 heteroatoms. The second kappa shape index (κ2) is 3.59. The zero-order valence-corrected chi connectivity index (χ0v) is 12.1. The quantitative estimate of drug-likeness (QED) is 0.643. The first-order valence-electron chi connectivity index (χ1n) is 6.44. The zero-order valence-electron chi connectivity index (χ0n) is 12.1. The molecule has 0 atom stereocenters. The van der Waals surface area contributed by atoms with E-state index in [0.717, 1.165) is 5.56 Å². The lowest BCUT2D eigenvalue weighted by Crippen LogP contribution is -2.50. The lowest BCUT2D eigenvalue weighted by Gasteiger charge is -2.49. The Labute approximate surface area is 109 Å². The van der Waals surface area contributed by atoms with E-state index in [9.17, 15) is 4.79 Å². The van der Waals surface area contributed by atoms with Gasteiger partial charge in [0.2, 0.25) is 0 Å². The highest BCUT2D eigenvalue weighted by atomic mass is 16.6. The third-order valence-corrected chi connectivity index (χ3v) is 3.88. The molecular formula is C16H22O2. The van der Waals surface area contributed by atoms with Crippen LogP contribution in [0.15, 0.2) is 24.3 Å². The van der Waals surface area contributed by atoms with Gasteiger partial charge in [0, 0.05) is 16.4 Å².